The van der Waals surface area contributed by atoms with Gasteiger partial charge in [-0.3, -0.25) is 0 Å². The molecule has 1 aromatic heterocycles. The van der Waals surface area contributed by atoms with Crippen molar-refractivity contribution in [3.05, 3.63) is 11.8 Å². The van der Waals surface area contributed by atoms with Gasteiger partial charge in [0.1, 0.15) is 5.60 Å². The van der Waals surface area contributed by atoms with Crippen molar-refractivity contribution in [1.29, 1.82) is 0 Å². The van der Waals surface area contributed by atoms with E-state index in [4.69, 9.17) is 9.15 Å². The van der Waals surface area contributed by atoms with Crippen molar-refractivity contribution >= 4 is 6.09 Å². The molecule has 0 fully saturated rings. The quantitative estimate of drug-likeness (QED) is 0.845. The minimum absolute atomic E-state index is 0.413. The van der Waals surface area contributed by atoms with Crippen molar-refractivity contribution in [3.8, 4) is 0 Å². The van der Waals surface area contributed by atoms with Crippen LogP contribution in [0.25, 0.3) is 0 Å². The molecule has 0 bridgehead atoms. The van der Waals surface area contributed by atoms with Gasteiger partial charge in [0, 0.05) is 19.9 Å². The fourth-order valence-corrected chi connectivity index (χ4v) is 1.02. The molecule has 0 saturated carbocycles. The fraction of sp³-hybridized carbons (Fsp3) is 0.700. The zero-order valence-electron chi connectivity index (χ0n) is 10.0. The maximum Gasteiger partial charge on any atom is 0.407 e. The molecule has 0 spiro atoms. The molecule has 0 radical (unpaired) electrons. The summed E-state index contributed by atoms with van der Waals surface area (Å²) in [4.78, 5) is 11.3. The molecular formula is C10H17N3O3. The van der Waals surface area contributed by atoms with Crippen LogP contribution in [0.5, 0.6) is 0 Å². The number of carbonyl (C=O) groups excluding carboxylic acids is 1. The minimum atomic E-state index is -0.481. The van der Waals surface area contributed by atoms with Crippen LogP contribution in [0.4, 0.5) is 4.79 Å². The lowest BCUT2D eigenvalue weighted by Crippen LogP contribution is -2.33. The number of ether oxygens (including phenoxy) is 1. The zero-order chi connectivity index (χ0) is 12.2. The summed E-state index contributed by atoms with van der Waals surface area (Å²) in [6, 6.07) is 0. The zero-order valence-corrected chi connectivity index (χ0v) is 10.0. The molecule has 0 unspecified atom stereocenters. The molecule has 0 saturated heterocycles. The monoisotopic (exact) mass is 227 g/mol. The summed E-state index contributed by atoms with van der Waals surface area (Å²) in [6.45, 7) is 7.57. The second-order valence-electron chi connectivity index (χ2n) is 4.39. The van der Waals surface area contributed by atoms with E-state index in [0.29, 0.717) is 24.7 Å². The molecule has 1 N–H and O–H groups in total. The van der Waals surface area contributed by atoms with Crippen molar-refractivity contribution in [3.63, 3.8) is 0 Å². The van der Waals surface area contributed by atoms with Crippen LogP contribution < -0.4 is 5.32 Å². The second kappa shape index (κ2) is 4.96. The molecule has 0 aliphatic carbocycles. The molecule has 90 valence electrons. The summed E-state index contributed by atoms with van der Waals surface area (Å²) in [5.74, 6) is 1.03. The van der Waals surface area contributed by atoms with Gasteiger partial charge in [-0.15, -0.1) is 10.2 Å². The van der Waals surface area contributed by atoms with Crippen molar-refractivity contribution < 1.29 is 13.9 Å². The van der Waals surface area contributed by atoms with E-state index in [1.54, 1.807) is 6.92 Å². The van der Waals surface area contributed by atoms with Gasteiger partial charge < -0.3 is 14.5 Å². The van der Waals surface area contributed by atoms with Crippen LogP contribution in [0.1, 0.15) is 32.6 Å². The lowest BCUT2D eigenvalue weighted by molar-refractivity contribution is 0.0528. The number of alkyl carbamates (subject to hydrolysis) is 1. The molecule has 0 aliphatic heterocycles. The van der Waals surface area contributed by atoms with Crippen LogP contribution in [0.2, 0.25) is 0 Å². The van der Waals surface area contributed by atoms with Crippen LogP contribution >= 0.6 is 0 Å². The van der Waals surface area contributed by atoms with Gasteiger partial charge in [-0.2, -0.15) is 0 Å². The molecule has 0 aromatic carbocycles. The molecular weight excluding hydrogens is 210 g/mol. The molecule has 0 atom stereocenters. The van der Waals surface area contributed by atoms with Crippen LogP contribution in [-0.4, -0.2) is 28.4 Å². The van der Waals surface area contributed by atoms with E-state index in [1.165, 1.54) is 0 Å². The minimum Gasteiger partial charge on any atom is -0.444 e. The SMILES string of the molecule is Cc1nnc(CCNC(=O)OC(C)(C)C)o1. The van der Waals surface area contributed by atoms with Gasteiger partial charge in [0.2, 0.25) is 11.8 Å². The standard InChI is InChI=1S/C10H17N3O3/c1-7-12-13-8(15-7)5-6-11-9(14)16-10(2,3)4/h5-6H2,1-4H3,(H,11,14). The Labute approximate surface area is 94.4 Å². The topological polar surface area (TPSA) is 77.2 Å². The van der Waals surface area contributed by atoms with Crippen LogP contribution in [0.15, 0.2) is 4.42 Å². The Kier molecular flexibility index (Phi) is 3.87. The summed E-state index contributed by atoms with van der Waals surface area (Å²) >= 11 is 0. The third-order valence-corrected chi connectivity index (χ3v) is 1.57. The maximum absolute atomic E-state index is 11.3. The van der Waals surface area contributed by atoms with Gasteiger partial charge >= 0.3 is 6.09 Å². The Hall–Kier alpha value is -1.59. The van der Waals surface area contributed by atoms with Crippen LogP contribution in [0, 0.1) is 6.92 Å². The van der Waals surface area contributed by atoms with Gasteiger partial charge in [-0.25, -0.2) is 4.79 Å². The van der Waals surface area contributed by atoms with Crippen molar-refractivity contribution in [2.75, 3.05) is 6.54 Å². The van der Waals surface area contributed by atoms with Crippen molar-refractivity contribution in [2.45, 2.75) is 39.7 Å². The molecule has 6 heteroatoms. The molecule has 1 aromatic rings. The first-order chi connectivity index (χ1) is 7.37. The van der Waals surface area contributed by atoms with E-state index in [-0.39, 0.29) is 0 Å². The highest BCUT2D eigenvalue weighted by molar-refractivity contribution is 5.67. The van der Waals surface area contributed by atoms with Crippen LogP contribution in [0.3, 0.4) is 0 Å². The summed E-state index contributed by atoms with van der Waals surface area (Å²) in [6.07, 6.45) is 0.0591. The Morgan fingerprint density at radius 2 is 2.12 bits per heavy atom. The molecule has 16 heavy (non-hydrogen) atoms. The number of rotatable bonds is 3. The Balaban J connectivity index is 2.23. The number of amides is 1. The predicted molar refractivity (Wildman–Crippen MR) is 57.0 cm³/mol. The molecule has 0 aliphatic rings. The number of nitrogens with zero attached hydrogens (tertiary/aromatic N) is 2. The smallest absolute Gasteiger partial charge is 0.407 e. The van der Waals surface area contributed by atoms with Gasteiger partial charge in [-0.1, -0.05) is 0 Å². The lowest BCUT2D eigenvalue weighted by atomic mass is 10.2. The molecule has 6 nitrogen and oxygen atoms in total. The normalized spacial score (nSPS) is 11.2. The summed E-state index contributed by atoms with van der Waals surface area (Å²) in [5.41, 5.74) is -0.481. The highest BCUT2D eigenvalue weighted by atomic mass is 16.6. The Morgan fingerprint density at radius 1 is 1.44 bits per heavy atom. The van der Waals surface area contributed by atoms with E-state index < -0.39 is 11.7 Å². The highest BCUT2D eigenvalue weighted by Crippen LogP contribution is 2.06. The number of aryl methyl sites for hydroxylation is 1. The van der Waals surface area contributed by atoms with Gasteiger partial charge in [0.15, 0.2) is 0 Å². The van der Waals surface area contributed by atoms with E-state index >= 15 is 0 Å². The number of nitrogens with one attached hydrogen (secondary N) is 1. The predicted octanol–water partition coefficient (Wildman–Crippen LogP) is 1.45. The summed E-state index contributed by atoms with van der Waals surface area (Å²) < 4.78 is 10.2. The lowest BCUT2D eigenvalue weighted by Gasteiger charge is -2.19. The summed E-state index contributed by atoms with van der Waals surface area (Å²) in [7, 11) is 0. The van der Waals surface area contributed by atoms with E-state index in [2.05, 4.69) is 15.5 Å². The maximum atomic E-state index is 11.3. The first-order valence-electron chi connectivity index (χ1n) is 5.12. The third kappa shape index (κ3) is 4.77. The van der Waals surface area contributed by atoms with Crippen LogP contribution in [-0.2, 0) is 11.2 Å². The van der Waals surface area contributed by atoms with E-state index in [0.717, 1.165) is 0 Å². The average molecular weight is 227 g/mol. The van der Waals surface area contributed by atoms with Gasteiger partial charge in [-0.05, 0) is 20.8 Å². The Bertz CT molecular complexity index is 354. The number of hydrogen-bond donors (Lipinski definition) is 1. The summed E-state index contributed by atoms with van der Waals surface area (Å²) in [5, 5.41) is 10.1. The first kappa shape index (κ1) is 12.5. The van der Waals surface area contributed by atoms with Gasteiger partial charge in [0.25, 0.3) is 0 Å². The average Bonchev–Trinajstić information content (AvgIpc) is 2.48. The second-order valence-corrected chi connectivity index (χ2v) is 4.39. The largest absolute Gasteiger partial charge is 0.444 e. The molecule has 1 heterocycles. The van der Waals surface area contributed by atoms with Crippen molar-refractivity contribution in [1.82, 2.24) is 15.5 Å². The third-order valence-electron chi connectivity index (χ3n) is 1.57. The fourth-order valence-electron chi connectivity index (χ4n) is 1.02. The number of hydrogen-bond acceptors (Lipinski definition) is 5. The van der Waals surface area contributed by atoms with E-state index in [9.17, 15) is 4.79 Å². The number of aromatic nitrogens is 2. The Morgan fingerprint density at radius 3 is 2.62 bits per heavy atom. The number of carbonyl (C=O) groups is 1. The van der Waals surface area contributed by atoms with Crippen molar-refractivity contribution in [2.24, 2.45) is 0 Å². The first-order valence-corrected chi connectivity index (χ1v) is 5.12. The van der Waals surface area contributed by atoms with E-state index in [1.807, 2.05) is 20.8 Å². The van der Waals surface area contributed by atoms with Gasteiger partial charge in [0.05, 0.1) is 0 Å². The molecule has 1 amide bonds. The highest BCUT2D eigenvalue weighted by Gasteiger charge is 2.15. The molecule has 1 rings (SSSR count).